The van der Waals surface area contributed by atoms with E-state index in [2.05, 4.69) is 6.92 Å². The fourth-order valence-electron chi connectivity index (χ4n) is 2.63. The minimum absolute atomic E-state index is 0.0964. The summed E-state index contributed by atoms with van der Waals surface area (Å²) in [6, 6.07) is 8.72. The van der Waals surface area contributed by atoms with Crippen molar-refractivity contribution in [3.8, 4) is 23.0 Å². The van der Waals surface area contributed by atoms with Crippen LogP contribution in [0.5, 0.6) is 23.0 Å². The molecule has 0 atom stereocenters. The van der Waals surface area contributed by atoms with Crippen LogP contribution >= 0.6 is 0 Å². The van der Waals surface area contributed by atoms with Crippen LogP contribution in [0.3, 0.4) is 0 Å². The first-order chi connectivity index (χ1) is 17.5. The Labute approximate surface area is 208 Å². The van der Waals surface area contributed by atoms with Gasteiger partial charge in [-0.2, -0.15) is 0 Å². The third-order valence-electron chi connectivity index (χ3n) is 4.40. The van der Waals surface area contributed by atoms with Crippen LogP contribution in [-0.2, 0) is 29.0 Å². The first kappa shape index (κ1) is 28.7. The minimum Gasteiger partial charge on any atom is -0.493 e. The summed E-state index contributed by atoms with van der Waals surface area (Å²) in [5.74, 6) is -0.307. The third-order valence-corrected chi connectivity index (χ3v) is 4.40. The maximum atomic E-state index is 12.4. The molecule has 0 aliphatic rings. The van der Waals surface area contributed by atoms with E-state index in [9.17, 15) is 9.59 Å². The van der Waals surface area contributed by atoms with Crippen molar-refractivity contribution in [1.29, 1.82) is 0 Å². The van der Waals surface area contributed by atoms with Gasteiger partial charge < -0.3 is 28.4 Å². The molecular weight excluding hydrogens is 480 g/mol. The van der Waals surface area contributed by atoms with E-state index in [1.165, 1.54) is 64.8 Å². The lowest BCUT2D eigenvalue weighted by atomic mass is 10.2. The van der Waals surface area contributed by atoms with Gasteiger partial charge in [-0.05, 0) is 43.3 Å². The second-order valence-electron chi connectivity index (χ2n) is 6.58. The number of hydrogen-bond acceptors (Lipinski definition) is 12. The van der Waals surface area contributed by atoms with Crippen LogP contribution in [0.2, 0.25) is 0 Å². The summed E-state index contributed by atoms with van der Waals surface area (Å²) in [6.45, 7) is 3.84. The Hall–Kier alpha value is -3.58. The van der Waals surface area contributed by atoms with Crippen LogP contribution in [0.1, 0.15) is 20.7 Å². The van der Waals surface area contributed by atoms with Crippen molar-refractivity contribution < 1.29 is 57.6 Å². The van der Waals surface area contributed by atoms with Gasteiger partial charge in [0.1, 0.15) is 6.61 Å². The molecule has 2 aromatic rings. The molecule has 0 saturated carbocycles. The van der Waals surface area contributed by atoms with Crippen molar-refractivity contribution in [3.05, 3.63) is 60.7 Å². The van der Waals surface area contributed by atoms with E-state index in [1.54, 1.807) is 0 Å². The number of rotatable bonds is 16. The zero-order valence-electron chi connectivity index (χ0n) is 20.4. The van der Waals surface area contributed by atoms with E-state index >= 15 is 0 Å². The van der Waals surface area contributed by atoms with Gasteiger partial charge in [-0.1, -0.05) is 0 Å². The van der Waals surface area contributed by atoms with E-state index in [-0.39, 0.29) is 37.6 Å². The molecule has 0 N–H and O–H groups in total. The van der Waals surface area contributed by atoms with E-state index < -0.39 is 18.2 Å². The second kappa shape index (κ2) is 15.4. The average molecular weight is 508 g/mol. The lowest BCUT2D eigenvalue weighted by molar-refractivity contribution is -0.368. The second-order valence-corrected chi connectivity index (χ2v) is 6.58. The molecule has 0 aliphatic carbocycles. The first-order valence-electron chi connectivity index (χ1n) is 10.5. The highest BCUT2D eigenvalue weighted by atomic mass is 17.3. The van der Waals surface area contributed by atoms with Gasteiger partial charge in [-0.15, -0.1) is 9.78 Å². The van der Waals surface area contributed by atoms with Gasteiger partial charge >= 0.3 is 18.2 Å². The molecule has 0 aliphatic heterocycles. The summed E-state index contributed by atoms with van der Waals surface area (Å²) < 4.78 is 31.0. The molecule has 12 nitrogen and oxygen atoms in total. The Bertz CT molecular complexity index is 906. The molecule has 0 saturated heterocycles. The first-order valence-corrected chi connectivity index (χ1v) is 10.5. The van der Waals surface area contributed by atoms with Gasteiger partial charge in [0.2, 0.25) is 0 Å². The van der Waals surface area contributed by atoms with Gasteiger partial charge in [-0.3, -0.25) is 9.78 Å². The zero-order chi connectivity index (χ0) is 26.3. The maximum Gasteiger partial charge on any atom is 0.373 e. The number of methoxy groups -OCH3 is 4. The van der Waals surface area contributed by atoms with Crippen molar-refractivity contribution >= 4 is 11.9 Å². The van der Waals surface area contributed by atoms with Crippen LogP contribution < -0.4 is 18.9 Å². The lowest BCUT2D eigenvalue weighted by Gasteiger charge is -2.14. The van der Waals surface area contributed by atoms with E-state index in [0.717, 1.165) is 0 Å². The summed E-state index contributed by atoms with van der Waals surface area (Å²) in [6.07, 6.45) is -0.465. The number of carbonyl (C=O) groups excluding carboxylic acids is 2. The molecule has 0 aromatic heterocycles. The summed E-state index contributed by atoms with van der Waals surface area (Å²) in [5.41, 5.74) is 0.193. The predicted octanol–water partition coefficient (Wildman–Crippen LogP) is 2.95. The van der Waals surface area contributed by atoms with Crippen molar-refractivity contribution in [3.63, 3.8) is 0 Å². The molecule has 2 radical (unpaired) electrons. The third kappa shape index (κ3) is 8.57. The van der Waals surface area contributed by atoms with E-state index in [4.69, 9.17) is 48.0 Å². The standard InChI is InChI=1S/C24H28O12/c1-6-31-11-12-32-15-22(33-35-23(25)16-7-9-18(27-2)20(13-16)29-4)34-36-24(26)17-8-10-19(28-3)21(14-17)30-5/h7-10,13-14H,1,6,11-12,15H2,2-5H3. The van der Waals surface area contributed by atoms with Crippen molar-refractivity contribution in [2.75, 3.05) is 54.9 Å². The fraction of sp³-hybridized carbons (Fsp3) is 0.333. The monoisotopic (exact) mass is 508 g/mol. The molecule has 2 rings (SSSR count). The van der Waals surface area contributed by atoms with Crippen molar-refractivity contribution in [2.24, 2.45) is 0 Å². The van der Waals surface area contributed by atoms with Crippen LogP contribution in [0.15, 0.2) is 36.4 Å². The molecule has 196 valence electrons. The topological polar surface area (TPSA) is 126 Å². The zero-order valence-corrected chi connectivity index (χ0v) is 20.4. The predicted molar refractivity (Wildman–Crippen MR) is 122 cm³/mol. The number of benzene rings is 2. The van der Waals surface area contributed by atoms with E-state index in [1.807, 2.05) is 0 Å². The van der Waals surface area contributed by atoms with Crippen molar-refractivity contribution in [2.45, 2.75) is 0 Å². The summed E-state index contributed by atoms with van der Waals surface area (Å²) >= 11 is 0. The quantitative estimate of drug-likeness (QED) is 0.188. The number of carbonyl (C=O) groups is 2. The van der Waals surface area contributed by atoms with Crippen molar-refractivity contribution in [1.82, 2.24) is 0 Å². The molecule has 0 spiro atoms. The largest absolute Gasteiger partial charge is 0.493 e. The van der Waals surface area contributed by atoms with Gasteiger partial charge in [-0.25, -0.2) is 9.59 Å². The van der Waals surface area contributed by atoms with Gasteiger partial charge in [0.05, 0.1) is 52.8 Å². The molecule has 0 bridgehead atoms. The molecule has 0 fully saturated rings. The molecule has 0 amide bonds. The lowest BCUT2D eigenvalue weighted by Crippen LogP contribution is -2.21. The summed E-state index contributed by atoms with van der Waals surface area (Å²) in [7, 11) is 5.77. The minimum atomic E-state index is -0.885. The number of ether oxygens (including phenoxy) is 6. The Kier molecular flexibility index (Phi) is 12.3. The van der Waals surface area contributed by atoms with Gasteiger partial charge in [0, 0.05) is 6.61 Å². The highest BCUT2D eigenvalue weighted by molar-refractivity contribution is 5.90. The Balaban J connectivity index is 2.01. The van der Waals surface area contributed by atoms with Crippen LogP contribution in [0.25, 0.3) is 0 Å². The van der Waals surface area contributed by atoms with Crippen LogP contribution in [0.4, 0.5) is 0 Å². The van der Waals surface area contributed by atoms with E-state index in [0.29, 0.717) is 23.0 Å². The fourth-order valence-corrected chi connectivity index (χ4v) is 2.63. The molecule has 12 heteroatoms. The SMILES string of the molecule is [CH2]COCCOC[C](OOC(=O)c1ccc(OC)c(OC)c1)OOC(=O)c1ccc(OC)c(OC)c1. The van der Waals surface area contributed by atoms with Gasteiger partial charge in [0.15, 0.2) is 23.0 Å². The number of hydrogen-bond donors (Lipinski definition) is 0. The highest BCUT2D eigenvalue weighted by Crippen LogP contribution is 2.29. The maximum absolute atomic E-state index is 12.4. The smallest absolute Gasteiger partial charge is 0.373 e. The average Bonchev–Trinajstić information content (AvgIpc) is 2.92. The molecule has 36 heavy (non-hydrogen) atoms. The van der Waals surface area contributed by atoms with Gasteiger partial charge in [0.25, 0.3) is 0 Å². The molecule has 0 unspecified atom stereocenters. The Morgan fingerprint density at radius 3 is 1.50 bits per heavy atom. The van der Waals surface area contributed by atoms with Crippen LogP contribution in [0, 0.1) is 13.2 Å². The molecular formula is C24H28O12. The molecule has 2 aromatic carbocycles. The Morgan fingerprint density at radius 2 is 1.08 bits per heavy atom. The normalized spacial score (nSPS) is 10.6. The van der Waals surface area contributed by atoms with Crippen LogP contribution in [-0.4, -0.2) is 66.8 Å². The molecule has 0 heterocycles. The Morgan fingerprint density at radius 1 is 0.639 bits per heavy atom. The highest BCUT2D eigenvalue weighted by Gasteiger charge is 2.23. The summed E-state index contributed by atoms with van der Waals surface area (Å²) in [4.78, 5) is 44.3. The summed E-state index contributed by atoms with van der Waals surface area (Å²) in [5, 5.41) is 0.